The lowest BCUT2D eigenvalue weighted by atomic mass is 9.98. The molecule has 0 aliphatic carbocycles. The minimum absolute atomic E-state index is 0.157. The Balaban J connectivity index is 1.75. The fourth-order valence-corrected chi connectivity index (χ4v) is 3.05. The molecule has 0 spiro atoms. The molecule has 2 aromatic heterocycles. The predicted octanol–water partition coefficient (Wildman–Crippen LogP) is 3.23. The van der Waals surface area contributed by atoms with E-state index in [4.69, 9.17) is 0 Å². The number of aromatic nitrogens is 2. The summed E-state index contributed by atoms with van der Waals surface area (Å²) in [6.45, 7) is 8.40. The molecule has 18 heavy (non-hydrogen) atoms. The van der Waals surface area contributed by atoms with Crippen LogP contribution in [0.4, 0.5) is 0 Å². The molecule has 0 aliphatic rings. The van der Waals surface area contributed by atoms with E-state index in [0.29, 0.717) is 0 Å². The highest BCUT2D eigenvalue weighted by molar-refractivity contribution is 7.10. The number of hydrogen-bond donors (Lipinski definition) is 1. The largest absolute Gasteiger partial charge is 0.311 e. The van der Waals surface area contributed by atoms with Crippen LogP contribution in [0.1, 0.15) is 36.5 Å². The second kappa shape index (κ2) is 5.91. The molecular formula is C13H19N3S2. The number of rotatable bonds is 5. The first kappa shape index (κ1) is 13.6. The van der Waals surface area contributed by atoms with Gasteiger partial charge in [-0.25, -0.2) is 9.97 Å². The highest BCUT2D eigenvalue weighted by Gasteiger charge is 2.17. The molecule has 2 rings (SSSR count). The second-order valence-electron chi connectivity index (χ2n) is 5.25. The van der Waals surface area contributed by atoms with Crippen LogP contribution in [0.5, 0.6) is 0 Å². The van der Waals surface area contributed by atoms with Gasteiger partial charge in [-0.2, -0.15) is 0 Å². The molecule has 2 heterocycles. The molecule has 0 amide bonds. The van der Waals surface area contributed by atoms with Gasteiger partial charge in [0.1, 0.15) is 0 Å². The molecule has 3 nitrogen and oxygen atoms in total. The van der Waals surface area contributed by atoms with Gasteiger partial charge in [-0.05, 0) is 0 Å². The van der Waals surface area contributed by atoms with E-state index in [0.717, 1.165) is 25.2 Å². The van der Waals surface area contributed by atoms with Gasteiger partial charge in [0.15, 0.2) is 0 Å². The van der Waals surface area contributed by atoms with Crippen LogP contribution in [-0.2, 0) is 18.4 Å². The SMILES string of the molecule is CC(C)(C)c1nc(CNCCc2nccs2)cs1. The zero-order valence-electron chi connectivity index (χ0n) is 11.1. The summed E-state index contributed by atoms with van der Waals surface area (Å²) in [5.74, 6) is 0. The molecule has 0 unspecified atom stereocenters. The smallest absolute Gasteiger partial charge is 0.0982 e. The minimum atomic E-state index is 0.157. The first-order chi connectivity index (χ1) is 8.55. The van der Waals surface area contributed by atoms with Crippen molar-refractivity contribution in [3.05, 3.63) is 32.7 Å². The summed E-state index contributed by atoms with van der Waals surface area (Å²) in [5.41, 5.74) is 1.30. The summed E-state index contributed by atoms with van der Waals surface area (Å²) in [6, 6.07) is 0. The lowest BCUT2D eigenvalue weighted by molar-refractivity contribution is 0.579. The maximum Gasteiger partial charge on any atom is 0.0982 e. The Morgan fingerprint density at radius 1 is 1.28 bits per heavy atom. The van der Waals surface area contributed by atoms with Crippen molar-refractivity contribution < 1.29 is 0 Å². The Kier molecular flexibility index (Phi) is 4.48. The molecule has 1 N–H and O–H groups in total. The van der Waals surface area contributed by atoms with Gasteiger partial charge in [-0.1, -0.05) is 20.8 Å². The van der Waals surface area contributed by atoms with Crippen LogP contribution in [0.2, 0.25) is 0 Å². The fraction of sp³-hybridized carbons (Fsp3) is 0.538. The van der Waals surface area contributed by atoms with Gasteiger partial charge < -0.3 is 5.32 Å². The lowest BCUT2D eigenvalue weighted by Crippen LogP contribution is -2.17. The summed E-state index contributed by atoms with van der Waals surface area (Å²) >= 11 is 3.46. The van der Waals surface area contributed by atoms with E-state index in [-0.39, 0.29) is 5.41 Å². The number of hydrogen-bond acceptors (Lipinski definition) is 5. The molecule has 0 fully saturated rings. The average Bonchev–Trinajstić information content (AvgIpc) is 2.95. The monoisotopic (exact) mass is 281 g/mol. The summed E-state index contributed by atoms with van der Waals surface area (Å²) < 4.78 is 0. The van der Waals surface area contributed by atoms with E-state index in [1.165, 1.54) is 10.0 Å². The van der Waals surface area contributed by atoms with Crippen LogP contribution >= 0.6 is 22.7 Å². The van der Waals surface area contributed by atoms with Gasteiger partial charge >= 0.3 is 0 Å². The molecule has 0 saturated carbocycles. The number of thiazole rings is 2. The van der Waals surface area contributed by atoms with Gasteiger partial charge in [0.25, 0.3) is 0 Å². The Labute approximate surface area is 116 Å². The summed E-state index contributed by atoms with van der Waals surface area (Å²) in [6.07, 6.45) is 2.85. The van der Waals surface area contributed by atoms with Crippen molar-refractivity contribution >= 4 is 22.7 Å². The molecular weight excluding hydrogens is 262 g/mol. The normalized spacial score (nSPS) is 11.9. The maximum absolute atomic E-state index is 4.66. The average molecular weight is 281 g/mol. The van der Waals surface area contributed by atoms with Crippen molar-refractivity contribution in [1.29, 1.82) is 0 Å². The summed E-state index contributed by atoms with van der Waals surface area (Å²) in [7, 11) is 0. The van der Waals surface area contributed by atoms with Gasteiger partial charge in [0.2, 0.25) is 0 Å². The van der Waals surface area contributed by atoms with Crippen molar-refractivity contribution in [2.75, 3.05) is 6.54 Å². The third-order valence-corrected chi connectivity index (χ3v) is 4.65. The van der Waals surface area contributed by atoms with Crippen molar-refractivity contribution in [2.24, 2.45) is 0 Å². The first-order valence-electron chi connectivity index (χ1n) is 6.09. The quantitative estimate of drug-likeness (QED) is 0.855. The van der Waals surface area contributed by atoms with E-state index in [2.05, 4.69) is 41.4 Å². The van der Waals surface area contributed by atoms with E-state index < -0.39 is 0 Å². The van der Waals surface area contributed by atoms with Crippen LogP contribution in [-0.4, -0.2) is 16.5 Å². The zero-order valence-corrected chi connectivity index (χ0v) is 12.7. The number of nitrogens with one attached hydrogen (secondary N) is 1. The first-order valence-corrected chi connectivity index (χ1v) is 7.85. The Hall–Kier alpha value is -0.780. The van der Waals surface area contributed by atoms with Crippen LogP contribution < -0.4 is 5.32 Å². The third kappa shape index (κ3) is 3.86. The van der Waals surface area contributed by atoms with Crippen molar-refractivity contribution in [2.45, 2.75) is 39.2 Å². The van der Waals surface area contributed by atoms with E-state index in [1.54, 1.807) is 22.7 Å². The molecule has 5 heteroatoms. The van der Waals surface area contributed by atoms with Crippen molar-refractivity contribution in [3.63, 3.8) is 0 Å². The highest BCUT2D eigenvalue weighted by Crippen LogP contribution is 2.25. The summed E-state index contributed by atoms with van der Waals surface area (Å²) in [5, 5.41) is 9.98. The Morgan fingerprint density at radius 2 is 2.11 bits per heavy atom. The van der Waals surface area contributed by atoms with Gasteiger partial charge in [-0.15, -0.1) is 22.7 Å². The standard InChI is InChI=1S/C13H19N3S2/c1-13(2,3)12-16-10(9-18-12)8-14-5-4-11-15-6-7-17-11/h6-7,9,14H,4-5,8H2,1-3H3. The third-order valence-electron chi connectivity index (χ3n) is 2.50. The summed E-state index contributed by atoms with van der Waals surface area (Å²) in [4.78, 5) is 8.92. The van der Waals surface area contributed by atoms with Gasteiger partial charge in [0, 0.05) is 41.9 Å². The maximum atomic E-state index is 4.66. The molecule has 0 bridgehead atoms. The molecule has 0 radical (unpaired) electrons. The lowest BCUT2D eigenvalue weighted by Gasteiger charge is -2.13. The van der Waals surface area contributed by atoms with Crippen LogP contribution in [0.15, 0.2) is 17.0 Å². The molecule has 98 valence electrons. The Bertz CT molecular complexity index is 469. The minimum Gasteiger partial charge on any atom is -0.311 e. The topological polar surface area (TPSA) is 37.8 Å². The van der Waals surface area contributed by atoms with E-state index in [1.807, 2.05) is 11.6 Å². The molecule has 0 saturated heterocycles. The van der Waals surface area contributed by atoms with E-state index in [9.17, 15) is 0 Å². The molecule has 0 aliphatic heterocycles. The van der Waals surface area contributed by atoms with E-state index >= 15 is 0 Å². The Morgan fingerprint density at radius 3 is 2.72 bits per heavy atom. The van der Waals surface area contributed by atoms with Crippen LogP contribution in [0.3, 0.4) is 0 Å². The zero-order chi connectivity index (χ0) is 13.0. The van der Waals surface area contributed by atoms with Crippen LogP contribution in [0.25, 0.3) is 0 Å². The predicted molar refractivity (Wildman–Crippen MR) is 78.3 cm³/mol. The molecule has 0 atom stereocenters. The van der Waals surface area contributed by atoms with Crippen molar-refractivity contribution in [3.8, 4) is 0 Å². The number of nitrogens with zero attached hydrogens (tertiary/aromatic N) is 2. The van der Waals surface area contributed by atoms with Crippen molar-refractivity contribution in [1.82, 2.24) is 15.3 Å². The fourth-order valence-electron chi connectivity index (χ4n) is 1.52. The van der Waals surface area contributed by atoms with Gasteiger partial charge in [-0.3, -0.25) is 0 Å². The van der Waals surface area contributed by atoms with Gasteiger partial charge in [0.05, 0.1) is 15.7 Å². The van der Waals surface area contributed by atoms with Crippen LogP contribution in [0, 0.1) is 0 Å². The highest BCUT2D eigenvalue weighted by atomic mass is 32.1. The molecule has 2 aromatic rings. The molecule has 0 aromatic carbocycles. The second-order valence-corrected chi connectivity index (χ2v) is 7.08.